The van der Waals surface area contributed by atoms with E-state index < -0.39 is 0 Å². The summed E-state index contributed by atoms with van der Waals surface area (Å²) in [4.78, 5) is 9.66. The molecule has 0 fully saturated rings. The molecule has 0 saturated carbocycles. The Morgan fingerprint density at radius 2 is 0.600 bits per heavy atom. The molecule has 8 rings (SSSR count). The van der Waals surface area contributed by atoms with Crippen LogP contribution in [0.3, 0.4) is 0 Å². The molecule has 0 aliphatic heterocycles. The summed E-state index contributed by atoms with van der Waals surface area (Å²) in [6, 6.07) is 62.7. The molecule has 0 amide bonds. The van der Waals surface area contributed by atoms with Crippen molar-refractivity contribution in [3.8, 4) is 44.8 Å². The van der Waals surface area contributed by atoms with Gasteiger partial charge in [0.05, 0.1) is 22.4 Å². The van der Waals surface area contributed by atoms with Gasteiger partial charge in [0, 0.05) is 21.9 Å². The zero-order valence-corrected chi connectivity index (χ0v) is 26.9. The van der Waals surface area contributed by atoms with Crippen molar-refractivity contribution in [2.45, 2.75) is 0 Å². The summed E-state index contributed by atoms with van der Waals surface area (Å²) >= 11 is 0. The van der Waals surface area contributed by atoms with Gasteiger partial charge in [-0.25, -0.2) is 9.97 Å². The monoisotopic (exact) mass is 755 g/mol. The van der Waals surface area contributed by atoms with Gasteiger partial charge in [0.1, 0.15) is 0 Å². The molecule has 0 aliphatic carbocycles. The molecule has 6 aromatic carbocycles. The summed E-state index contributed by atoms with van der Waals surface area (Å²) in [5, 5.41) is 2.34. The van der Waals surface area contributed by atoms with Gasteiger partial charge in [-0.15, -0.1) is 0 Å². The summed E-state index contributed by atoms with van der Waals surface area (Å²) in [7, 11) is 0. The van der Waals surface area contributed by atoms with Gasteiger partial charge in [0.25, 0.3) is 0 Å². The first-order valence-electron chi connectivity index (χ1n) is 14.8. The Hall–Kier alpha value is -5.21. The second-order valence-electron chi connectivity index (χ2n) is 10.6. The molecule has 3 heteroatoms. The number of para-hydroxylation sites is 2. The van der Waals surface area contributed by atoms with Crippen LogP contribution in [-0.2, 0) is 20.1 Å². The molecule has 0 atom stereocenters. The standard InChI is InChI=1S/2C21H15N.Ir/c2*1-2-8-16(9-3-1)18-11-5-6-12-19(18)21-15-14-17-10-4-7-13-20(17)22-21;/h2*1-15H;/q;;+3. The van der Waals surface area contributed by atoms with Gasteiger partial charge in [0.15, 0.2) is 0 Å². The number of rotatable bonds is 4. The van der Waals surface area contributed by atoms with Crippen molar-refractivity contribution in [2.75, 3.05) is 0 Å². The average molecular weight is 755 g/mol. The first-order chi connectivity index (χ1) is 21.8. The van der Waals surface area contributed by atoms with Crippen LogP contribution in [-0.4, -0.2) is 9.97 Å². The fourth-order valence-electron chi connectivity index (χ4n) is 5.58. The predicted molar refractivity (Wildman–Crippen MR) is 185 cm³/mol. The first-order valence-corrected chi connectivity index (χ1v) is 14.8. The van der Waals surface area contributed by atoms with E-state index in [0.717, 1.165) is 22.4 Å². The maximum atomic E-state index is 4.83. The maximum absolute atomic E-state index is 4.83. The van der Waals surface area contributed by atoms with Crippen molar-refractivity contribution in [2.24, 2.45) is 0 Å². The van der Waals surface area contributed by atoms with Crippen molar-refractivity contribution in [1.29, 1.82) is 0 Å². The van der Waals surface area contributed by atoms with Crippen molar-refractivity contribution in [1.82, 2.24) is 9.97 Å². The summed E-state index contributed by atoms with van der Waals surface area (Å²) in [5.74, 6) is 0. The molecule has 2 aromatic heterocycles. The van der Waals surface area contributed by atoms with Crippen LogP contribution in [0.15, 0.2) is 182 Å². The fraction of sp³-hybridized carbons (Fsp3) is 0. The summed E-state index contributed by atoms with van der Waals surface area (Å²) in [6.07, 6.45) is 0. The van der Waals surface area contributed by atoms with Crippen LogP contribution in [0.2, 0.25) is 0 Å². The van der Waals surface area contributed by atoms with E-state index in [1.807, 2.05) is 36.4 Å². The average Bonchev–Trinajstić information content (AvgIpc) is 3.12. The van der Waals surface area contributed by atoms with Crippen molar-refractivity contribution in [3.63, 3.8) is 0 Å². The molecule has 45 heavy (non-hydrogen) atoms. The van der Waals surface area contributed by atoms with Gasteiger partial charge in [-0.3, -0.25) is 0 Å². The van der Waals surface area contributed by atoms with Crippen LogP contribution in [0.5, 0.6) is 0 Å². The molecule has 0 saturated heterocycles. The van der Waals surface area contributed by atoms with E-state index in [1.54, 1.807) is 0 Å². The molecule has 2 heterocycles. The second-order valence-corrected chi connectivity index (χ2v) is 10.6. The molecule has 2 nitrogen and oxygen atoms in total. The number of fused-ring (bicyclic) bond motifs is 2. The van der Waals surface area contributed by atoms with Gasteiger partial charge in [0.2, 0.25) is 0 Å². The fourth-order valence-corrected chi connectivity index (χ4v) is 5.58. The van der Waals surface area contributed by atoms with Crippen LogP contribution in [0.4, 0.5) is 0 Å². The van der Waals surface area contributed by atoms with Gasteiger partial charge >= 0.3 is 20.1 Å². The number of aromatic nitrogens is 2. The SMILES string of the molecule is [Ir+3].c1ccc(-c2ccccc2-c2ccc3ccccc3n2)cc1.c1ccc(-c2ccccc2-c2ccc3ccccc3n2)cc1. The van der Waals surface area contributed by atoms with Crippen molar-refractivity contribution < 1.29 is 20.1 Å². The first kappa shape index (κ1) is 29.8. The molecule has 0 unspecified atom stereocenters. The number of hydrogen-bond acceptors (Lipinski definition) is 2. The van der Waals surface area contributed by atoms with E-state index in [4.69, 9.17) is 9.97 Å². The van der Waals surface area contributed by atoms with Crippen LogP contribution >= 0.6 is 0 Å². The molecular formula is C42H30IrN2+3. The van der Waals surface area contributed by atoms with E-state index >= 15 is 0 Å². The molecule has 8 aromatic rings. The second kappa shape index (κ2) is 14.1. The molecule has 0 aliphatic rings. The zero-order chi connectivity index (χ0) is 29.6. The quantitative estimate of drug-likeness (QED) is 0.179. The van der Waals surface area contributed by atoms with E-state index in [-0.39, 0.29) is 20.1 Å². The minimum absolute atomic E-state index is 0. The Morgan fingerprint density at radius 3 is 1.02 bits per heavy atom. The molecule has 0 radical (unpaired) electrons. The van der Waals surface area contributed by atoms with Gasteiger partial charge in [-0.05, 0) is 46.5 Å². The van der Waals surface area contributed by atoms with Gasteiger partial charge < -0.3 is 0 Å². The Labute approximate surface area is 277 Å². The van der Waals surface area contributed by atoms with Gasteiger partial charge in [-0.1, -0.05) is 158 Å². The van der Waals surface area contributed by atoms with Crippen LogP contribution in [0.25, 0.3) is 66.6 Å². The van der Waals surface area contributed by atoms with E-state index in [0.29, 0.717) is 0 Å². The number of benzene rings is 6. The smallest absolute Gasteiger partial charge is 0.248 e. The van der Waals surface area contributed by atoms with E-state index in [9.17, 15) is 0 Å². The zero-order valence-electron chi connectivity index (χ0n) is 24.5. The summed E-state index contributed by atoms with van der Waals surface area (Å²) in [6.45, 7) is 0. The Kier molecular flexibility index (Phi) is 9.32. The Bertz CT molecular complexity index is 2020. The van der Waals surface area contributed by atoms with Crippen LogP contribution in [0, 0.1) is 0 Å². The van der Waals surface area contributed by atoms with Crippen molar-refractivity contribution in [3.05, 3.63) is 182 Å². The number of pyridine rings is 2. The third kappa shape index (κ3) is 6.66. The maximum Gasteiger partial charge on any atom is 3.00 e. The van der Waals surface area contributed by atoms with Crippen LogP contribution < -0.4 is 0 Å². The molecular weight excluding hydrogens is 725 g/mol. The third-order valence-electron chi connectivity index (χ3n) is 7.77. The van der Waals surface area contributed by atoms with Gasteiger partial charge in [-0.2, -0.15) is 0 Å². The van der Waals surface area contributed by atoms with E-state index in [1.165, 1.54) is 44.2 Å². The van der Waals surface area contributed by atoms with Crippen molar-refractivity contribution >= 4 is 21.8 Å². The van der Waals surface area contributed by atoms with Crippen LogP contribution in [0.1, 0.15) is 0 Å². The minimum atomic E-state index is 0. The van der Waals surface area contributed by atoms with E-state index in [2.05, 4.69) is 146 Å². The molecule has 0 N–H and O–H groups in total. The largest absolute Gasteiger partial charge is 3.00 e. The number of nitrogens with zero attached hydrogens (tertiary/aromatic N) is 2. The summed E-state index contributed by atoms with van der Waals surface area (Å²) < 4.78 is 0. The predicted octanol–water partition coefficient (Wildman–Crippen LogP) is 11.1. The molecule has 0 spiro atoms. The normalized spacial score (nSPS) is 10.5. The summed E-state index contributed by atoms with van der Waals surface area (Å²) in [5.41, 5.74) is 11.3. The Morgan fingerprint density at radius 1 is 0.267 bits per heavy atom. The number of hydrogen-bond donors (Lipinski definition) is 0. The Balaban J connectivity index is 0.000000155. The molecule has 0 bridgehead atoms. The third-order valence-corrected chi connectivity index (χ3v) is 7.77. The molecule has 214 valence electrons. The topological polar surface area (TPSA) is 25.8 Å². The minimum Gasteiger partial charge on any atom is -0.248 e.